The van der Waals surface area contributed by atoms with E-state index < -0.39 is 0 Å². The molecule has 0 bridgehead atoms. The number of aliphatic hydroxyl groups excluding tert-OH is 1. The van der Waals surface area contributed by atoms with Crippen molar-refractivity contribution in [3.05, 3.63) is 48.4 Å². The lowest BCUT2D eigenvalue weighted by molar-refractivity contribution is 0.415. The molecule has 0 aliphatic heterocycles. The van der Waals surface area contributed by atoms with Gasteiger partial charge in [0.25, 0.3) is 0 Å². The number of aliphatic hydroxyl groups is 1. The molecule has 0 aliphatic carbocycles. The highest BCUT2D eigenvalue weighted by Crippen LogP contribution is 2.12. The van der Waals surface area contributed by atoms with Gasteiger partial charge in [-0.1, -0.05) is 32.0 Å². The molecule has 2 aromatic rings. The van der Waals surface area contributed by atoms with Crippen molar-refractivity contribution in [2.75, 3.05) is 0 Å². The molecule has 1 aromatic carbocycles. The lowest BCUT2D eigenvalue weighted by Crippen LogP contribution is -2.05. The fraction of sp³-hybridized carbons (Fsp3) is 0.267. The average Bonchev–Trinajstić information content (AvgIpc) is 2.73. The van der Waals surface area contributed by atoms with Gasteiger partial charge in [-0.2, -0.15) is 0 Å². The maximum Gasteiger partial charge on any atom is 0.118 e. The van der Waals surface area contributed by atoms with Crippen molar-refractivity contribution >= 4 is 16.7 Å². The van der Waals surface area contributed by atoms with Crippen LogP contribution in [0.15, 0.2) is 48.4 Å². The molecule has 0 unspecified atom stereocenters. The summed E-state index contributed by atoms with van der Waals surface area (Å²) in [4.78, 5) is 0. The molecule has 4 nitrogen and oxygen atoms in total. The van der Waals surface area contributed by atoms with Gasteiger partial charge in [0, 0.05) is 24.8 Å². The number of hydrogen-bond acceptors (Lipinski definition) is 2. The van der Waals surface area contributed by atoms with Crippen LogP contribution in [0.3, 0.4) is 0 Å². The molecule has 0 spiro atoms. The van der Waals surface area contributed by atoms with E-state index in [1.54, 1.807) is 0 Å². The van der Waals surface area contributed by atoms with Crippen molar-refractivity contribution in [1.82, 2.24) is 4.57 Å². The quantitative estimate of drug-likeness (QED) is 0.417. The summed E-state index contributed by atoms with van der Waals surface area (Å²) in [6, 6.07) is 10.5. The van der Waals surface area contributed by atoms with Gasteiger partial charge in [0.1, 0.15) is 5.84 Å². The molecular formula is C15H23N3O. The van der Waals surface area contributed by atoms with E-state index in [2.05, 4.69) is 48.1 Å². The highest BCUT2D eigenvalue weighted by atomic mass is 16.3. The topological polar surface area (TPSA) is 75.0 Å². The van der Waals surface area contributed by atoms with Gasteiger partial charge in [0.2, 0.25) is 0 Å². The van der Waals surface area contributed by atoms with E-state index >= 15 is 0 Å². The first kappa shape index (κ1) is 16.8. The van der Waals surface area contributed by atoms with E-state index in [0.29, 0.717) is 0 Å². The summed E-state index contributed by atoms with van der Waals surface area (Å²) in [5.41, 5.74) is 6.13. The van der Waals surface area contributed by atoms with Gasteiger partial charge >= 0.3 is 0 Å². The molecule has 0 saturated carbocycles. The molecule has 0 fully saturated rings. The minimum Gasteiger partial charge on any atom is -0.512 e. The zero-order chi connectivity index (χ0) is 14.8. The lowest BCUT2D eigenvalue weighted by Gasteiger charge is -1.92. The average molecular weight is 261 g/mol. The second-order valence-corrected chi connectivity index (χ2v) is 3.73. The summed E-state index contributed by atoms with van der Waals surface area (Å²) in [5.74, 6) is -0.0625. The van der Waals surface area contributed by atoms with Gasteiger partial charge < -0.3 is 15.4 Å². The highest BCUT2D eigenvalue weighted by molar-refractivity contribution is 5.88. The van der Waals surface area contributed by atoms with Crippen LogP contribution >= 0.6 is 0 Å². The Hall–Kier alpha value is -2.23. The summed E-state index contributed by atoms with van der Waals surface area (Å²) < 4.78 is 2.12. The number of nitrogens with zero attached hydrogens (tertiary/aromatic N) is 1. The Kier molecular flexibility index (Phi) is 7.77. The third kappa shape index (κ3) is 6.31. The molecule has 4 N–H and O–H groups in total. The smallest absolute Gasteiger partial charge is 0.118 e. The Morgan fingerprint density at radius 1 is 1.26 bits per heavy atom. The minimum absolute atomic E-state index is 0.0625. The number of amidine groups is 1. The molecule has 1 aromatic heterocycles. The van der Waals surface area contributed by atoms with Crippen molar-refractivity contribution < 1.29 is 5.11 Å². The van der Waals surface area contributed by atoms with Crippen LogP contribution in [0, 0.1) is 5.41 Å². The SMILES string of the molecule is CC.CC(O)=CC(=N)N.Cn1ccc2ccccc21. The Bertz CT molecular complexity index is 537. The van der Waals surface area contributed by atoms with Crippen LogP contribution in [0.2, 0.25) is 0 Å². The highest BCUT2D eigenvalue weighted by Gasteiger charge is 1.92. The van der Waals surface area contributed by atoms with E-state index in [-0.39, 0.29) is 11.6 Å². The van der Waals surface area contributed by atoms with Gasteiger partial charge in [-0.15, -0.1) is 0 Å². The number of allylic oxidation sites excluding steroid dienone is 1. The summed E-state index contributed by atoms with van der Waals surface area (Å²) in [7, 11) is 2.06. The molecule has 0 atom stereocenters. The fourth-order valence-electron chi connectivity index (χ4n) is 1.45. The van der Waals surface area contributed by atoms with Crippen LogP contribution in [0.4, 0.5) is 0 Å². The van der Waals surface area contributed by atoms with Crippen LogP contribution < -0.4 is 5.73 Å². The number of benzene rings is 1. The van der Waals surface area contributed by atoms with Gasteiger partial charge in [0.05, 0.1) is 5.76 Å². The van der Waals surface area contributed by atoms with Crippen LogP contribution in [0.1, 0.15) is 20.8 Å². The molecule has 4 heteroatoms. The predicted octanol–water partition coefficient (Wildman–Crippen LogP) is 3.59. The number of nitrogens with one attached hydrogen (secondary N) is 1. The summed E-state index contributed by atoms with van der Waals surface area (Å²) in [6.45, 7) is 5.46. The number of rotatable bonds is 1. The molecule has 19 heavy (non-hydrogen) atoms. The normalized spacial score (nSPS) is 10.0. The van der Waals surface area contributed by atoms with Crippen LogP contribution in [-0.4, -0.2) is 15.5 Å². The van der Waals surface area contributed by atoms with Crippen molar-refractivity contribution in [3.63, 3.8) is 0 Å². The number of fused-ring (bicyclic) bond motifs is 1. The number of hydrogen-bond donors (Lipinski definition) is 3. The number of aromatic nitrogens is 1. The summed E-state index contributed by atoms with van der Waals surface area (Å²) in [5, 5.41) is 16.2. The molecule has 0 saturated heterocycles. The Balaban J connectivity index is 0.000000321. The van der Waals surface area contributed by atoms with Crippen LogP contribution in [-0.2, 0) is 7.05 Å². The third-order valence-electron chi connectivity index (χ3n) is 2.16. The maximum absolute atomic E-state index is 8.36. The molecule has 2 rings (SSSR count). The number of nitrogens with two attached hydrogens (primary N) is 1. The molecular weight excluding hydrogens is 238 g/mol. The second kappa shape index (κ2) is 8.80. The van der Waals surface area contributed by atoms with E-state index in [4.69, 9.17) is 16.2 Å². The fourth-order valence-corrected chi connectivity index (χ4v) is 1.45. The van der Waals surface area contributed by atoms with Gasteiger partial charge in [-0.25, -0.2) is 0 Å². The Morgan fingerprint density at radius 2 is 1.84 bits per heavy atom. The standard InChI is InChI=1S/C9H9N.C4H8N2O.C2H6/c1-10-7-6-8-4-2-3-5-9(8)10;1-3(7)2-4(5)6;1-2/h2-7H,1H3;2,7H,1H3,(H3,5,6);1-2H3. The van der Waals surface area contributed by atoms with Gasteiger partial charge in [-0.05, 0) is 24.4 Å². The van der Waals surface area contributed by atoms with Crippen LogP contribution in [0.5, 0.6) is 0 Å². The largest absolute Gasteiger partial charge is 0.512 e. The van der Waals surface area contributed by atoms with Gasteiger partial charge in [0.15, 0.2) is 0 Å². The zero-order valence-corrected chi connectivity index (χ0v) is 12.0. The van der Waals surface area contributed by atoms with E-state index in [0.717, 1.165) is 0 Å². The molecule has 0 radical (unpaired) electrons. The third-order valence-corrected chi connectivity index (χ3v) is 2.16. The first-order valence-electron chi connectivity index (χ1n) is 6.22. The van der Waals surface area contributed by atoms with Crippen molar-refractivity contribution in [1.29, 1.82) is 5.41 Å². The minimum atomic E-state index is -0.125. The lowest BCUT2D eigenvalue weighted by atomic mass is 10.2. The van der Waals surface area contributed by atoms with E-state index in [1.807, 2.05) is 13.8 Å². The molecule has 1 heterocycles. The first-order valence-corrected chi connectivity index (χ1v) is 6.22. The van der Waals surface area contributed by atoms with Gasteiger partial charge in [-0.3, -0.25) is 5.41 Å². The number of aryl methyl sites for hydroxylation is 1. The number of para-hydroxylation sites is 1. The zero-order valence-electron chi connectivity index (χ0n) is 12.0. The Morgan fingerprint density at radius 3 is 2.26 bits per heavy atom. The van der Waals surface area contributed by atoms with Crippen molar-refractivity contribution in [2.45, 2.75) is 20.8 Å². The van der Waals surface area contributed by atoms with Crippen molar-refractivity contribution in [3.8, 4) is 0 Å². The van der Waals surface area contributed by atoms with E-state index in [1.165, 1.54) is 23.9 Å². The summed E-state index contributed by atoms with van der Waals surface area (Å²) >= 11 is 0. The first-order chi connectivity index (χ1) is 9.00. The predicted molar refractivity (Wildman–Crippen MR) is 82.6 cm³/mol. The van der Waals surface area contributed by atoms with Crippen molar-refractivity contribution in [2.24, 2.45) is 12.8 Å². The van der Waals surface area contributed by atoms with Crippen LogP contribution in [0.25, 0.3) is 10.9 Å². The maximum atomic E-state index is 8.36. The Labute approximate surface area is 114 Å². The molecule has 0 aliphatic rings. The molecule has 0 amide bonds. The summed E-state index contributed by atoms with van der Waals surface area (Å²) in [6.07, 6.45) is 3.24. The molecule has 104 valence electrons. The van der Waals surface area contributed by atoms with E-state index in [9.17, 15) is 0 Å². The second-order valence-electron chi connectivity index (χ2n) is 3.73. The monoisotopic (exact) mass is 261 g/mol.